The number of aromatic nitrogens is 1. The molecule has 0 fully saturated rings. The second kappa shape index (κ2) is 5.76. The van der Waals surface area contributed by atoms with Crippen LogP contribution in [0.25, 0.3) is 0 Å². The van der Waals surface area contributed by atoms with Gasteiger partial charge in [-0.1, -0.05) is 11.6 Å². The molecule has 0 aliphatic rings. The molecule has 0 aliphatic carbocycles. The molecule has 0 radical (unpaired) electrons. The van der Waals surface area contributed by atoms with E-state index < -0.39 is 10.0 Å². The van der Waals surface area contributed by atoms with Gasteiger partial charge in [0.2, 0.25) is 0 Å². The van der Waals surface area contributed by atoms with E-state index in [9.17, 15) is 8.42 Å². The number of nitrogens with one attached hydrogen (secondary N) is 2. The van der Waals surface area contributed by atoms with Crippen molar-refractivity contribution in [1.82, 2.24) is 10.3 Å². The largest absolute Gasteiger partial charge is 0.312 e. The van der Waals surface area contributed by atoms with Crippen LogP contribution in [-0.2, 0) is 10.0 Å². The third-order valence-electron chi connectivity index (χ3n) is 2.43. The summed E-state index contributed by atoms with van der Waals surface area (Å²) in [6.45, 7) is 1.95. The fraction of sp³-hybridized carbons (Fsp3) is 0.300. The van der Waals surface area contributed by atoms with Crippen LogP contribution in [0.4, 0.5) is 5.13 Å². The quantitative estimate of drug-likeness (QED) is 0.880. The van der Waals surface area contributed by atoms with Gasteiger partial charge in [-0.25, -0.2) is 13.4 Å². The van der Waals surface area contributed by atoms with E-state index in [1.807, 2.05) is 19.4 Å². The highest BCUT2D eigenvalue weighted by molar-refractivity contribution is 7.94. The van der Waals surface area contributed by atoms with Gasteiger partial charge in [-0.05, 0) is 26.1 Å². The zero-order chi connectivity index (χ0) is 14.0. The molecular formula is C10H12ClN3O2S3. The molecule has 2 aromatic heterocycles. The van der Waals surface area contributed by atoms with Crippen molar-refractivity contribution >= 4 is 49.4 Å². The summed E-state index contributed by atoms with van der Waals surface area (Å²) in [5, 5.41) is 5.21. The summed E-state index contributed by atoms with van der Waals surface area (Å²) in [6, 6.07) is 3.10. The first-order valence-electron chi connectivity index (χ1n) is 5.33. The zero-order valence-electron chi connectivity index (χ0n) is 10.2. The SMILES string of the molecule is CNC(C)c1csc(NS(=O)(=O)c2ccc(Cl)s2)n1. The van der Waals surface area contributed by atoms with Crippen LogP contribution in [0.3, 0.4) is 0 Å². The van der Waals surface area contributed by atoms with Crippen LogP contribution in [0.1, 0.15) is 18.7 Å². The van der Waals surface area contributed by atoms with Crippen LogP contribution >= 0.6 is 34.3 Å². The Morgan fingerprint density at radius 3 is 2.74 bits per heavy atom. The Hall–Kier alpha value is -0.670. The highest BCUT2D eigenvalue weighted by Gasteiger charge is 2.19. The van der Waals surface area contributed by atoms with E-state index in [-0.39, 0.29) is 10.3 Å². The Kier molecular flexibility index (Phi) is 4.46. The van der Waals surface area contributed by atoms with Gasteiger partial charge in [0, 0.05) is 11.4 Å². The Balaban J connectivity index is 2.19. The summed E-state index contributed by atoms with van der Waals surface area (Å²) < 4.78 is 27.2. The number of anilines is 1. The summed E-state index contributed by atoms with van der Waals surface area (Å²) in [7, 11) is -1.78. The van der Waals surface area contributed by atoms with Gasteiger partial charge in [0.15, 0.2) is 5.13 Å². The summed E-state index contributed by atoms with van der Waals surface area (Å²) >= 11 is 8.00. The molecule has 1 unspecified atom stereocenters. The highest BCUT2D eigenvalue weighted by atomic mass is 35.5. The van der Waals surface area contributed by atoms with Crippen molar-refractivity contribution in [2.24, 2.45) is 0 Å². The zero-order valence-corrected chi connectivity index (χ0v) is 13.4. The van der Waals surface area contributed by atoms with Gasteiger partial charge in [-0.3, -0.25) is 4.72 Å². The number of hydrogen-bond donors (Lipinski definition) is 2. The minimum absolute atomic E-state index is 0.0747. The van der Waals surface area contributed by atoms with Crippen molar-refractivity contribution in [2.75, 3.05) is 11.8 Å². The van der Waals surface area contributed by atoms with Crippen LogP contribution in [-0.4, -0.2) is 20.4 Å². The molecule has 0 bridgehead atoms. The normalized spacial score (nSPS) is 13.4. The average molecular weight is 338 g/mol. The number of halogens is 1. The van der Waals surface area contributed by atoms with Crippen LogP contribution in [0.5, 0.6) is 0 Å². The van der Waals surface area contributed by atoms with Crippen molar-refractivity contribution in [1.29, 1.82) is 0 Å². The lowest BCUT2D eigenvalue weighted by Crippen LogP contribution is -2.14. The maximum atomic E-state index is 12.1. The molecule has 2 heterocycles. The van der Waals surface area contributed by atoms with Gasteiger partial charge in [-0.15, -0.1) is 22.7 Å². The highest BCUT2D eigenvalue weighted by Crippen LogP contribution is 2.28. The number of rotatable bonds is 5. The van der Waals surface area contributed by atoms with Gasteiger partial charge in [0.05, 0.1) is 10.0 Å². The molecule has 0 amide bonds. The van der Waals surface area contributed by atoms with Gasteiger partial charge in [-0.2, -0.15) is 0 Å². The van der Waals surface area contributed by atoms with Crippen LogP contribution in [0.15, 0.2) is 21.7 Å². The molecule has 19 heavy (non-hydrogen) atoms. The number of sulfonamides is 1. The van der Waals surface area contributed by atoms with Crippen molar-refractivity contribution in [3.63, 3.8) is 0 Å². The lowest BCUT2D eigenvalue weighted by molar-refractivity contribution is 0.603. The predicted octanol–water partition coefficient (Wildman–Crippen LogP) is 2.94. The molecule has 0 aromatic carbocycles. The van der Waals surface area contributed by atoms with Gasteiger partial charge in [0.1, 0.15) is 4.21 Å². The summed E-state index contributed by atoms with van der Waals surface area (Å²) in [6.07, 6.45) is 0. The molecule has 5 nitrogen and oxygen atoms in total. The van der Waals surface area contributed by atoms with Crippen molar-refractivity contribution in [3.05, 3.63) is 27.5 Å². The van der Waals surface area contributed by atoms with Crippen molar-refractivity contribution in [3.8, 4) is 0 Å². The Morgan fingerprint density at radius 1 is 1.42 bits per heavy atom. The molecular weight excluding hydrogens is 326 g/mol. The third-order valence-corrected chi connectivity index (χ3v) is 6.40. The van der Waals surface area contributed by atoms with Gasteiger partial charge >= 0.3 is 0 Å². The van der Waals surface area contributed by atoms with Crippen molar-refractivity contribution < 1.29 is 8.42 Å². The van der Waals surface area contributed by atoms with Gasteiger partial charge < -0.3 is 5.32 Å². The molecule has 9 heteroatoms. The summed E-state index contributed by atoms with van der Waals surface area (Å²) in [4.78, 5) is 4.24. The first kappa shape index (κ1) is 14.7. The number of thiophene rings is 1. The van der Waals surface area contributed by atoms with Crippen LogP contribution in [0.2, 0.25) is 4.34 Å². The average Bonchev–Trinajstić information content (AvgIpc) is 2.97. The lowest BCUT2D eigenvalue weighted by atomic mass is 10.3. The Bertz CT molecular complexity index is 665. The molecule has 1 atom stereocenters. The fourth-order valence-electron chi connectivity index (χ4n) is 1.29. The molecule has 0 spiro atoms. The smallest absolute Gasteiger partial charge is 0.273 e. The van der Waals surface area contributed by atoms with E-state index in [1.165, 1.54) is 17.4 Å². The minimum Gasteiger partial charge on any atom is -0.312 e. The molecule has 2 rings (SSSR count). The van der Waals surface area contributed by atoms with E-state index in [1.54, 1.807) is 6.07 Å². The molecule has 0 aliphatic heterocycles. The van der Waals surface area contributed by atoms with Crippen LogP contribution < -0.4 is 10.0 Å². The summed E-state index contributed by atoms with van der Waals surface area (Å²) in [5.74, 6) is 0. The molecule has 0 saturated heterocycles. The fourth-order valence-corrected chi connectivity index (χ4v) is 4.83. The third kappa shape index (κ3) is 3.46. The van der Waals surface area contributed by atoms with E-state index in [0.717, 1.165) is 17.0 Å². The number of thiazole rings is 1. The molecule has 0 saturated carbocycles. The predicted molar refractivity (Wildman–Crippen MR) is 79.7 cm³/mol. The number of hydrogen-bond acceptors (Lipinski definition) is 6. The van der Waals surface area contributed by atoms with E-state index in [0.29, 0.717) is 9.47 Å². The topological polar surface area (TPSA) is 71.1 Å². The first-order valence-corrected chi connectivity index (χ1v) is 8.89. The van der Waals surface area contributed by atoms with E-state index >= 15 is 0 Å². The first-order chi connectivity index (χ1) is 8.92. The monoisotopic (exact) mass is 337 g/mol. The minimum atomic E-state index is -3.60. The second-order valence-electron chi connectivity index (χ2n) is 3.75. The number of nitrogens with zero attached hydrogens (tertiary/aromatic N) is 1. The molecule has 2 aromatic rings. The molecule has 2 N–H and O–H groups in total. The van der Waals surface area contributed by atoms with Crippen LogP contribution in [0, 0.1) is 0 Å². The summed E-state index contributed by atoms with van der Waals surface area (Å²) in [5.41, 5.74) is 0.800. The second-order valence-corrected chi connectivity index (χ2v) is 8.23. The Morgan fingerprint density at radius 2 is 2.16 bits per heavy atom. The lowest BCUT2D eigenvalue weighted by Gasteiger charge is -2.05. The standard InChI is InChI=1S/C10H12ClN3O2S3/c1-6(12-2)7-5-17-10(13-7)14-19(15,16)9-4-3-8(11)18-9/h3-6,12H,1-2H3,(H,13,14). The Labute approximate surface area is 124 Å². The van der Waals surface area contributed by atoms with E-state index in [2.05, 4.69) is 15.0 Å². The maximum absolute atomic E-state index is 12.1. The maximum Gasteiger partial charge on any atom is 0.273 e. The molecule has 104 valence electrons. The van der Waals surface area contributed by atoms with Gasteiger partial charge in [0.25, 0.3) is 10.0 Å². The van der Waals surface area contributed by atoms with E-state index in [4.69, 9.17) is 11.6 Å². The van der Waals surface area contributed by atoms with Crippen molar-refractivity contribution in [2.45, 2.75) is 17.2 Å².